The second-order valence-corrected chi connectivity index (χ2v) is 8.92. The molecule has 35 heavy (non-hydrogen) atoms. The van der Waals surface area contributed by atoms with Crippen molar-refractivity contribution in [3.8, 4) is 0 Å². The molecule has 1 fully saturated rings. The minimum absolute atomic E-state index is 0.238. The molecule has 3 aromatic carbocycles. The molecular formula is C28H26N2O5. The van der Waals surface area contributed by atoms with Crippen molar-refractivity contribution in [2.45, 2.75) is 32.2 Å². The normalized spacial score (nSPS) is 18.4. The summed E-state index contributed by atoms with van der Waals surface area (Å²) in [7, 11) is 1.35. The molecule has 0 bridgehead atoms. The summed E-state index contributed by atoms with van der Waals surface area (Å²) in [6.45, 7) is 3.69. The minimum atomic E-state index is -1.16. The fraction of sp³-hybridized carbons (Fsp3) is 0.214. The van der Waals surface area contributed by atoms with E-state index in [4.69, 9.17) is 14.4 Å². The summed E-state index contributed by atoms with van der Waals surface area (Å²) in [6.07, 6.45) is 1.39. The van der Waals surface area contributed by atoms with E-state index in [1.165, 1.54) is 12.2 Å². The molecule has 0 radical (unpaired) electrons. The fourth-order valence-corrected chi connectivity index (χ4v) is 4.28. The predicted molar refractivity (Wildman–Crippen MR) is 130 cm³/mol. The molecule has 1 unspecified atom stereocenters. The lowest BCUT2D eigenvalue weighted by molar-refractivity contribution is -0.337. The lowest BCUT2D eigenvalue weighted by Gasteiger charge is -2.50. The van der Waals surface area contributed by atoms with Crippen LogP contribution in [0.4, 0.5) is 0 Å². The molecule has 0 saturated carbocycles. The zero-order valence-corrected chi connectivity index (χ0v) is 19.8. The lowest BCUT2D eigenvalue weighted by Crippen LogP contribution is -2.60. The van der Waals surface area contributed by atoms with E-state index < -0.39 is 17.7 Å². The molecule has 2 heterocycles. The van der Waals surface area contributed by atoms with E-state index in [-0.39, 0.29) is 12.5 Å². The molecule has 7 heteroatoms. The van der Waals surface area contributed by atoms with Crippen LogP contribution >= 0.6 is 0 Å². The van der Waals surface area contributed by atoms with Crippen LogP contribution in [0.15, 0.2) is 78.9 Å². The quantitative estimate of drug-likeness (QED) is 0.491. The van der Waals surface area contributed by atoms with Crippen molar-refractivity contribution in [2.75, 3.05) is 7.11 Å². The maximum Gasteiger partial charge on any atom is 0.337 e. The van der Waals surface area contributed by atoms with E-state index in [2.05, 4.69) is 0 Å². The van der Waals surface area contributed by atoms with Crippen molar-refractivity contribution in [1.29, 1.82) is 0 Å². The Morgan fingerprint density at radius 1 is 0.971 bits per heavy atom. The van der Waals surface area contributed by atoms with Gasteiger partial charge >= 0.3 is 5.97 Å². The molecule has 178 valence electrons. The molecule has 0 aliphatic carbocycles. The van der Waals surface area contributed by atoms with E-state index in [0.717, 1.165) is 28.0 Å². The van der Waals surface area contributed by atoms with Gasteiger partial charge in [0, 0.05) is 11.1 Å². The molecule has 1 amide bonds. The Balaban J connectivity index is 1.57. The second kappa shape index (κ2) is 9.02. The number of amides is 1. The van der Waals surface area contributed by atoms with Crippen molar-refractivity contribution >= 4 is 23.6 Å². The van der Waals surface area contributed by atoms with Gasteiger partial charge < -0.3 is 4.74 Å². The highest BCUT2D eigenvalue weighted by Gasteiger charge is 2.51. The highest BCUT2D eigenvalue weighted by Crippen LogP contribution is 2.46. The molecular weight excluding hydrogens is 444 g/mol. The molecule has 3 aromatic rings. The largest absolute Gasteiger partial charge is 0.465 e. The van der Waals surface area contributed by atoms with Crippen molar-refractivity contribution in [3.63, 3.8) is 0 Å². The van der Waals surface area contributed by atoms with E-state index in [9.17, 15) is 9.59 Å². The van der Waals surface area contributed by atoms with E-state index in [1.54, 1.807) is 31.0 Å². The summed E-state index contributed by atoms with van der Waals surface area (Å²) in [5, 5.41) is 3.15. The van der Waals surface area contributed by atoms with E-state index in [0.29, 0.717) is 5.56 Å². The van der Waals surface area contributed by atoms with Gasteiger partial charge in [0.05, 0.1) is 18.4 Å². The molecule has 0 aromatic heterocycles. The van der Waals surface area contributed by atoms with Gasteiger partial charge in [-0.05, 0) is 43.2 Å². The van der Waals surface area contributed by atoms with Gasteiger partial charge in [-0.15, -0.1) is 0 Å². The number of hydrogen-bond donors (Lipinski definition) is 0. The lowest BCUT2D eigenvalue weighted by atomic mass is 9.94. The van der Waals surface area contributed by atoms with Crippen molar-refractivity contribution in [3.05, 3.63) is 107 Å². The second-order valence-electron chi connectivity index (χ2n) is 8.92. The predicted octanol–water partition coefficient (Wildman–Crippen LogP) is 4.97. The summed E-state index contributed by atoms with van der Waals surface area (Å²) in [4.78, 5) is 37.9. The summed E-state index contributed by atoms with van der Waals surface area (Å²) in [5.41, 5.74) is 3.65. The number of carbonyl (C=O) groups is 2. The Morgan fingerprint density at radius 3 is 2.37 bits per heavy atom. The van der Waals surface area contributed by atoms with Crippen LogP contribution in [0.2, 0.25) is 0 Å². The first-order valence-electron chi connectivity index (χ1n) is 11.4. The van der Waals surface area contributed by atoms with Gasteiger partial charge in [0.1, 0.15) is 6.61 Å². The number of fused-ring (bicyclic) bond motifs is 3. The smallest absolute Gasteiger partial charge is 0.337 e. The van der Waals surface area contributed by atoms with Crippen LogP contribution in [0.3, 0.4) is 0 Å². The minimum Gasteiger partial charge on any atom is -0.465 e. The Kier molecular flexibility index (Phi) is 5.88. The Labute approximate surface area is 204 Å². The van der Waals surface area contributed by atoms with Crippen LogP contribution in [0.25, 0.3) is 11.8 Å². The van der Waals surface area contributed by atoms with Crippen LogP contribution in [-0.2, 0) is 25.8 Å². The Bertz CT molecular complexity index is 1280. The number of hydroxylamine groups is 4. The van der Waals surface area contributed by atoms with Crippen LogP contribution in [0.1, 0.15) is 52.6 Å². The van der Waals surface area contributed by atoms with Crippen LogP contribution in [0, 0.1) is 0 Å². The molecule has 5 rings (SSSR count). The highest BCUT2D eigenvalue weighted by atomic mass is 16.8. The topological polar surface area (TPSA) is 68.3 Å². The first-order valence-corrected chi connectivity index (χ1v) is 11.4. The summed E-state index contributed by atoms with van der Waals surface area (Å²) >= 11 is 0. The Morgan fingerprint density at radius 2 is 1.66 bits per heavy atom. The van der Waals surface area contributed by atoms with Gasteiger partial charge in [-0.25, -0.2) is 9.86 Å². The maximum atomic E-state index is 13.5. The number of methoxy groups -OCH3 is 1. The first kappa shape index (κ1) is 22.8. The Hall–Kier alpha value is -3.94. The summed E-state index contributed by atoms with van der Waals surface area (Å²) in [6, 6.07) is 24.7. The zero-order chi connectivity index (χ0) is 24.6. The molecule has 1 saturated heterocycles. The molecule has 2 aliphatic rings. The first-order chi connectivity index (χ1) is 16.9. The number of nitrogens with zero attached hydrogens (tertiary/aromatic N) is 2. The van der Waals surface area contributed by atoms with Crippen LogP contribution < -0.4 is 0 Å². The third-order valence-corrected chi connectivity index (χ3v) is 6.10. The summed E-state index contributed by atoms with van der Waals surface area (Å²) < 4.78 is 4.82. The SMILES string of the molecule is COC(=O)c1ccc(C2=Cc3ccccc3C3N(OCc4ccccc4)C(=O)C(C)(C)ON23)cc1. The monoisotopic (exact) mass is 470 g/mol. The number of benzene rings is 3. The van der Waals surface area contributed by atoms with Crippen LogP contribution in [0.5, 0.6) is 0 Å². The average Bonchev–Trinajstić information content (AvgIpc) is 2.88. The van der Waals surface area contributed by atoms with Gasteiger partial charge in [-0.2, -0.15) is 5.06 Å². The van der Waals surface area contributed by atoms with Gasteiger partial charge in [0.25, 0.3) is 5.91 Å². The van der Waals surface area contributed by atoms with E-state index in [1.807, 2.05) is 72.8 Å². The average molecular weight is 471 g/mol. The number of rotatable bonds is 5. The zero-order valence-electron chi connectivity index (χ0n) is 19.8. The molecule has 0 spiro atoms. The van der Waals surface area contributed by atoms with Gasteiger partial charge in [0.2, 0.25) is 0 Å². The molecule has 1 atom stereocenters. The van der Waals surface area contributed by atoms with Crippen molar-refractivity contribution in [1.82, 2.24) is 10.1 Å². The number of ether oxygens (including phenoxy) is 1. The fourth-order valence-electron chi connectivity index (χ4n) is 4.28. The number of carbonyl (C=O) groups excluding carboxylic acids is 2. The highest BCUT2D eigenvalue weighted by molar-refractivity contribution is 5.91. The maximum absolute atomic E-state index is 13.5. The molecule has 2 aliphatic heterocycles. The van der Waals surface area contributed by atoms with Gasteiger partial charge in [-0.1, -0.05) is 66.7 Å². The van der Waals surface area contributed by atoms with Gasteiger partial charge in [0.15, 0.2) is 11.8 Å². The standard InChI is InChI=1S/C28H26N2O5/c1-28(2)27(32)30(34-18-19-9-5-4-6-10-19)25-23-12-8-7-11-22(23)17-24(29(25)35-28)20-13-15-21(16-14-20)26(31)33-3/h4-17,25H,18H2,1-3H3. The number of hydrogen-bond acceptors (Lipinski definition) is 6. The van der Waals surface area contributed by atoms with Gasteiger partial charge in [-0.3, -0.25) is 14.5 Å². The third kappa shape index (κ3) is 4.20. The van der Waals surface area contributed by atoms with Crippen LogP contribution in [-0.4, -0.2) is 34.7 Å². The van der Waals surface area contributed by atoms with Crippen molar-refractivity contribution in [2.24, 2.45) is 0 Å². The number of esters is 1. The molecule has 0 N–H and O–H groups in total. The van der Waals surface area contributed by atoms with E-state index >= 15 is 0 Å². The van der Waals surface area contributed by atoms with Crippen molar-refractivity contribution < 1.29 is 24.0 Å². The summed E-state index contributed by atoms with van der Waals surface area (Å²) in [5.74, 6) is -0.675. The molecule has 7 nitrogen and oxygen atoms in total. The third-order valence-electron chi connectivity index (χ3n) is 6.10.